The van der Waals surface area contributed by atoms with Crippen LogP contribution in [0.4, 0.5) is 13.2 Å². The molecule has 16 heavy (non-hydrogen) atoms. The van der Waals surface area contributed by atoms with Gasteiger partial charge in [-0.3, -0.25) is 4.79 Å². The highest BCUT2D eigenvalue weighted by molar-refractivity contribution is 5.86. The van der Waals surface area contributed by atoms with Crippen molar-refractivity contribution in [3.63, 3.8) is 0 Å². The highest BCUT2D eigenvalue weighted by atomic mass is 19.4. The third-order valence-electron chi connectivity index (χ3n) is 3.36. The molecule has 0 radical (unpaired) electrons. The van der Waals surface area contributed by atoms with Gasteiger partial charge < -0.3 is 10.6 Å². The van der Waals surface area contributed by atoms with E-state index in [2.05, 4.69) is 10.6 Å². The topological polar surface area (TPSA) is 41.1 Å². The molecule has 0 unspecified atom stereocenters. The minimum absolute atomic E-state index is 0.0670. The molecular weight excluding hydrogens is 221 g/mol. The zero-order valence-corrected chi connectivity index (χ0v) is 8.86. The molecule has 6 heteroatoms. The fourth-order valence-corrected chi connectivity index (χ4v) is 2.06. The van der Waals surface area contributed by atoms with Gasteiger partial charge in [-0.05, 0) is 32.2 Å². The van der Waals surface area contributed by atoms with Crippen LogP contribution in [0.3, 0.4) is 0 Å². The Bertz CT molecular complexity index is 280. The van der Waals surface area contributed by atoms with Crippen LogP contribution in [0.5, 0.6) is 0 Å². The van der Waals surface area contributed by atoms with Gasteiger partial charge in [-0.15, -0.1) is 0 Å². The number of halogens is 3. The van der Waals surface area contributed by atoms with Crippen molar-refractivity contribution in [1.29, 1.82) is 0 Å². The van der Waals surface area contributed by atoms with Crippen molar-refractivity contribution in [2.24, 2.45) is 5.41 Å². The Morgan fingerprint density at radius 2 is 2.06 bits per heavy atom. The van der Waals surface area contributed by atoms with E-state index >= 15 is 0 Å². The van der Waals surface area contributed by atoms with Crippen molar-refractivity contribution in [3.05, 3.63) is 0 Å². The highest BCUT2D eigenvalue weighted by Gasteiger charge is 2.68. The van der Waals surface area contributed by atoms with Crippen LogP contribution in [-0.4, -0.2) is 31.2 Å². The van der Waals surface area contributed by atoms with Crippen molar-refractivity contribution >= 4 is 5.91 Å². The number of hydrogen-bond donors (Lipinski definition) is 2. The summed E-state index contributed by atoms with van der Waals surface area (Å²) in [4.78, 5) is 11.6. The predicted octanol–water partition coefficient (Wildman–Crippen LogP) is 1.20. The highest BCUT2D eigenvalue weighted by Crippen LogP contribution is 2.57. The molecule has 2 fully saturated rings. The summed E-state index contributed by atoms with van der Waals surface area (Å²) in [7, 11) is 0. The van der Waals surface area contributed by atoms with E-state index in [0.717, 1.165) is 19.4 Å². The van der Waals surface area contributed by atoms with Crippen molar-refractivity contribution in [2.75, 3.05) is 13.1 Å². The largest absolute Gasteiger partial charge is 0.403 e. The summed E-state index contributed by atoms with van der Waals surface area (Å²) in [6, 6.07) is -0.152. The maximum Gasteiger partial charge on any atom is 0.403 e. The van der Waals surface area contributed by atoms with Gasteiger partial charge >= 0.3 is 6.18 Å². The molecule has 0 aromatic carbocycles. The number of rotatable bonds is 2. The Morgan fingerprint density at radius 3 is 2.50 bits per heavy atom. The molecular formula is C10H15F3N2O. The van der Waals surface area contributed by atoms with Gasteiger partial charge in [0, 0.05) is 12.6 Å². The Hall–Kier alpha value is -0.780. The van der Waals surface area contributed by atoms with Gasteiger partial charge in [0.15, 0.2) is 0 Å². The first-order valence-corrected chi connectivity index (χ1v) is 5.54. The lowest BCUT2D eigenvalue weighted by Crippen LogP contribution is -2.50. The molecule has 1 aliphatic heterocycles. The second-order valence-corrected chi connectivity index (χ2v) is 4.60. The van der Waals surface area contributed by atoms with Gasteiger partial charge in [0.1, 0.15) is 5.41 Å². The van der Waals surface area contributed by atoms with Crippen molar-refractivity contribution in [2.45, 2.75) is 37.9 Å². The first kappa shape index (κ1) is 11.7. The number of alkyl halides is 3. The Kier molecular flexibility index (Phi) is 2.86. The SMILES string of the molecule is O=C(N[C@@H]1CCCNC1)C1(C(F)(F)F)CC1. The van der Waals surface area contributed by atoms with E-state index in [4.69, 9.17) is 0 Å². The van der Waals surface area contributed by atoms with E-state index in [0.29, 0.717) is 6.54 Å². The minimum Gasteiger partial charge on any atom is -0.351 e. The molecule has 1 aliphatic carbocycles. The van der Waals surface area contributed by atoms with E-state index in [9.17, 15) is 18.0 Å². The fourth-order valence-electron chi connectivity index (χ4n) is 2.06. The van der Waals surface area contributed by atoms with Gasteiger partial charge in [0.05, 0.1) is 0 Å². The average molecular weight is 236 g/mol. The normalized spacial score (nSPS) is 28.6. The van der Waals surface area contributed by atoms with Crippen molar-refractivity contribution < 1.29 is 18.0 Å². The molecule has 0 bridgehead atoms. The van der Waals surface area contributed by atoms with Gasteiger partial charge in [0.2, 0.25) is 5.91 Å². The number of nitrogens with one attached hydrogen (secondary N) is 2. The van der Waals surface area contributed by atoms with E-state index in [1.54, 1.807) is 0 Å². The Balaban J connectivity index is 1.93. The summed E-state index contributed by atoms with van der Waals surface area (Å²) in [5, 5.41) is 5.56. The zero-order valence-electron chi connectivity index (χ0n) is 8.86. The van der Waals surface area contributed by atoms with Gasteiger partial charge in [-0.25, -0.2) is 0 Å². The van der Waals surface area contributed by atoms with Crippen LogP contribution in [0.25, 0.3) is 0 Å². The maximum absolute atomic E-state index is 12.6. The lowest BCUT2D eigenvalue weighted by atomic mass is 10.0. The molecule has 0 aromatic rings. The van der Waals surface area contributed by atoms with Crippen molar-refractivity contribution in [1.82, 2.24) is 10.6 Å². The van der Waals surface area contributed by atoms with Crippen molar-refractivity contribution in [3.8, 4) is 0 Å². The van der Waals surface area contributed by atoms with Crippen LogP contribution in [0, 0.1) is 5.41 Å². The monoisotopic (exact) mass is 236 g/mol. The Morgan fingerprint density at radius 1 is 1.38 bits per heavy atom. The molecule has 92 valence electrons. The fraction of sp³-hybridized carbons (Fsp3) is 0.900. The van der Waals surface area contributed by atoms with Crippen LogP contribution >= 0.6 is 0 Å². The molecule has 3 nitrogen and oxygen atoms in total. The van der Waals surface area contributed by atoms with Crippen LogP contribution in [0.15, 0.2) is 0 Å². The molecule has 2 rings (SSSR count). The van der Waals surface area contributed by atoms with Crippen LogP contribution in [0.2, 0.25) is 0 Å². The van der Waals surface area contributed by atoms with Crippen LogP contribution in [0.1, 0.15) is 25.7 Å². The molecule has 1 saturated heterocycles. The lowest BCUT2D eigenvalue weighted by molar-refractivity contribution is -0.192. The summed E-state index contributed by atoms with van der Waals surface area (Å²) >= 11 is 0. The second-order valence-electron chi connectivity index (χ2n) is 4.60. The van der Waals surface area contributed by atoms with Gasteiger partial charge in [-0.1, -0.05) is 0 Å². The first-order chi connectivity index (χ1) is 7.46. The number of carbonyl (C=O) groups excluding carboxylic acids is 1. The molecule has 2 aliphatic rings. The summed E-state index contributed by atoms with van der Waals surface area (Å²) in [5.74, 6) is -0.839. The Labute approximate surface area is 91.8 Å². The third-order valence-corrected chi connectivity index (χ3v) is 3.36. The lowest BCUT2D eigenvalue weighted by Gasteiger charge is -2.27. The molecule has 0 spiro atoms. The van der Waals surface area contributed by atoms with Gasteiger partial charge in [0.25, 0.3) is 0 Å². The first-order valence-electron chi connectivity index (χ1n) is 5.54. The molecule has 0 aromatic heterocycles. The third kappa shape index (κ3) is 2.03. The van der Waals surface area contributed by atoms with E-state index in [1.807, 2.05) is 0 Å². The smallest absolute Gasteiger partial charge is 0.351 e. The summed E-state index contributed by atoms with van der Waals surface area (Å²) in [6.07, 6.45) is -2.89. The maximum atomic E-state index is 12.6. The second kappa shape index (κ2) is 3.91. The molecule has 1 saturated carbocycles. The summed E-state index contributed by atoms with van der Waals surface area (Å²) in [5.41, 5.74) is -2.08. The number of amides is 1. The number of hydrogen-bond acceptors (Lipinski definition) is 2. The van der Waals surface area contributed by atoms with Crippen LogP contribution in [-0.2, 0) is 4.79 Å². The minimum atomic E-state index is -4.40. The molecule has 1 atom stereocenters. The number of carbonyl (C=O) groups is 1. The van der Waals surface area contributed by atoms with E-state index in [-0.39, 0.29) is 18.9 Å². The summed E-state index contributed by atoms with van der Waals surface area (Å²) < 4.78 is 37.9. The van der Waals surface area contributed by atoms with E-state index < -0.39 is 17.5 Å². The van der Waals surface area contributed by atoms with Crippen LogP contribution < -0.4 is 10.6 Å². The van der Waals surface area contributed by atoms with E-state index in [1.165, 1.54) is 0 Å². The summed E-state index contributed by atoms with van der Waals surface area (Å²) in [6.45, 7) is 1.44. The zero-order chi connectivity index (χ0) is 11.8. The average Bonchev–Trinajstić information content (AvgIpc) is 2.98. The molecule has 1 amide bonds. The van der Waals surface area contributed by atoms with Gasteiger partial charge in [-0.2, -0.15) is 13.2 Å². The quantitative estimate of drug-likeness (QED) is 0.756. The predicted molar refractivity (Wildman–Crippen MR) is 51.8 cm³/mol. The molecule has 2 N–H and O–H groups in total. The number of piperidine rings is 1. The standard InChI is InChI=1S/C10H15F3N2O/c11-10(12,13)9(3-4-9)8(16)15-7-2-1-5-14-6-7/h7,14H,1-6H2,(H,15,16)/t7-/m1/s1. The molecule has 1 heterocycles.